The summed E-state index contributed by atoms with van der Waals surface area (Å²) in [6.07, 6.45) is 0.323. The van der Waals surface area contributed by atoms with Crippen LogP contribution in [0.3, 0.4) is 0 Å². The fraction of sp³-hybridized carbons (Fsp3) is 0.333. The first kappa shape index (κ1) is 32.2. The highest BCUT2D eigenvalue weighted by Gasteiger charge is 2.33. The summed E-state index contributed by atoms with van der Waals surface area (Å²) >= 11 is 12.4. The molecule has 2 amide bonds. The molecule has 1 atom stereocenters. The van der Waals surface area contributed by atoms with Crippen LogP contribution < -0.4 is 14.4 Å². The third-order valence-corrected chi connectivity index (χ3v) is 8.91. The molecule has 0 saturated carbocycles. The van der Waals surface area contributed by atoms with Crippen molar-refractivity contribution in [3.05, 3.63) is 88.4 Å². The van der Waals surface area contributed by atoms with Crippen LogP contribution in [0, 0.1) is 5.92 Å². The lowest BCUT2D eigenvalue weighted by Crippen LogP contribution is -2.52. The Labute approximate surface area is 252 Å². The van der Waals surface area contributed by atoms with E-state index in [-0.39, 0.29) is 39.0 Å². The summed E-state index contributed by atoms with van der Waals surface area (Å²) in [4.78, 5) is 28.8. The molecule has 8 nitrogen and oxygen atoms in total. The summed E-state index contributed by atoms with van der Waals surface area (Å²) < 4.78 is 33.9. The highest BCUT2D eigenvalue weighted by Crippen LogP contribution is 2.31. The number of anilines is 1. The Morgan fingerprint density at radius 3 is 2.17 bits per heavy atom. The van der Waals surface area contributed by atoms with E-state index in [1.807, 2.05) is 20.8 Å². The molecule has 0 bridgehead atoms. The minimum Gasteiger partial charge on any atom is -0.497 e. The first-order valence-electron chi connectivity index (χ1n) is 13.2. The van der Waals surface area contributed by atoms with Gasteiger partial charge in [0.2, 0.25) is 11.8 Å². The van der Waals surface area contributed by atoms with Gasteiger partial charge in [0.05, 0.1) is 27.7 Å². The Bertz CT molecular complexity index is 1430. The van der Waals surface area contributed by atoms with E-state index < -0.39 is 28.5 Å². The van der Waals surface area contributed by atoms with Crippen LogP contribution in [0.5, 0.6) is 5.75 Å². The van der Waals surface area contributed by atoms with Gasteiger partial charge in [-0.1, -0.05) is 74.3 Å². The van der Waals surface area contributed by atoms with Crippen molar-refractivity contribution in [1.82, 2.24) is 10.2 Å². The molecule has 0 aliphatic heterocycles. The lowest BCUT2D eigenvalue weighted by Gasteiger charge is -2.33. The molecular formula is C30H35Cl2N3O5S. The average molecular weight is 621 g/mol. The minimum absolute atomic E-state index is 0.00212. The predicted octanol–water partition coefficient (Wildman–Crippen LogP) is 5.78. The van der Waals surface area contributed by atoms with Crippen LogP contribution in [0.2, 0.25) is 10.0 Å². The van der Waals surface area contributed by atoms with Crippen molar-refractivity contribution < 1.29 is 22.7 Å². The molecule has 220 valence electrons. The molecule has 3 rings (SSSR count). The van der Waals surface area contributed by atoms with Crippen LogP contribution in [-0.2, 0) is 26.2 Å². The fourth-order valence-corrected chi connectivity index (χ4v) is 5.88. The number of benzene rings is 3. The first-order chi connectivity index (χ1) is 19.5. The molecule has 3 aromatic rings. The number of hydrogen-bond acceptors (Lipinski definition) is 5. The van der Waals surface area contributed by atoms with Crippen LogP contribution in [0.4, 0.5) is 5.69 Å². The van der Waals surface area contributed by atoms with E-state index in [4.69, 9.17) is 27.9 Å². The monoisotopic (exact) mass is 619 g/mol. The molecule has 0 heterocycles. The Morgan fingerprint density at radius 2 is 1.61 bits per heavy atom. The smallest absolute Gasteiger partial charge is 0.264 e. The van der Waals surface area contributed by atoms with Crippen molar-refractivity contribution in [3.63, 3.8) is 0 Å². The summed E-state index contributed by atoms with van der Waals surface area (Å²) in [6.45, 7) is 5.72. The van der Waals surface area contributed by atoms with E-state index in [0.717, 1.165) is 9.87 Å². The lowest BCUT2D eigenvalue weighted by atomic mass is 10.1. The number of ether oxygens (including phenoxy) is 1. The second-order valence-corrected chi connectivity index (χ2v) is 12.5. The topological polar surface area (TPSA) is 96.0 Å². The van der Waals surface area contributed by atoms with Gasteiger partial charge in [-0.15, -0.1) is 0 Å². The van der Waals surface area contributed by atoms with Gasteiger partial charge in [-0.2, -0.15) is 0 Å². The van der Waals surface area contributed by atoms with Gasteiger partial charge in [0.15, 0.2) is 0 Å². The van der Waals surface area contributed by atoms with Gasteiger partial charge in [-0.05, 0) is 60.4 Å². The Morgan fingerprint density at radius 1 is 0.951 bits per heavy atom. The standard InChI is InChI=1S/C30H35Cl2N3O5S/c1-5-28(30(37)33-18-21(2)3)34(19-22-11-14-24(40-4)15-12-22)29(36)20-35(23-13-16-26(31)27(32)17-23)41(38,39)25-9-7-6-8-10-25/h6-17,21,28H,5,18-20H2,1-4H3,(H,33,37)/t28-/m1/s1. The van der Waals surface area contributed by atoms with Gasteiger partial charge in [0.25, 0.3) is 10.0 Å². The van der Waals surface area contributed by atoms with Crippen LogP contribution in [-0.4, -0.2) is 51.4 Å². The largest absolute Gasteiger partial charge is 0.497 e. The predicted molar refractivity (Wildman–Crippen MR) is 163 cm³/mol. The molecule has 3 aromatic carbocycles. The van der Waals surface area contributed by atoms with Crippen LogP contribution in [0.15, 0.2) is 77.7 Å². The molecule has 0 spiro atoms. The molecule has 11 heteroatoms. The molecule has 0 saturated heterocycles. The van der Waals surface area contributed by atoms with Crippen molar-refractivity contribution in [3.8, 4) is 5.75 Å². The van der Waals surface area contributed by atoms with E-state index >= 15 is 0 Å². The average Bonchev–Trinajstić information content (AvgIpc) is 2.96. The molecule has 0 aromatic heterocycles. The number of nitrogens with zero attached hydrogens (tertiary/aromatic N) is 2. The van der Waals surface area contributed by atoms with E-state index in [9.17, 15) is 18.0 Å². The number of amides is 2. The Kier molecular flexibility index (Phi) is 11.5. The van der Waals surface area contributed by atoms with Gasteiger partial charge in [0.1, 0.15) is 18.3 Å². The number of carbonyl (C=O) groups is 2. The zero-order valence-corrected chi connectivity index (χ0v) is 25.8. The second kappa shape index (κ2) is 14.6. The van der Waals surface area contributed by atoms with Gasteiger partial charge in [-0.3, -0.25) is 13.9 Å². The highest BCUT2D eigenvalue weighted by molar-refractivity contribution is 7.92. The Balaban J connectivity index is 2.05. The number of hydrogen-bond donors (Lipinski definition) is 1. The number of rotatable bonds is 13. The van der Waals surface area contributed by atoms with Crippen molar-refractivity contribution >= 4 is 50.7 Å². The van der Waals surface area contributed by atoms with Gasteiger partial charge < -0.3 is 15.0 Å². The first-order valence-corrected chi connectivity index (χ1v) is 15.4. The molecule has 1 N–H and O–H groups in total. The fourth-order valence-electron chi connectivity index (χ4n) is 4.16. The van der Waals surface area contributed by atoms with Gasteiger partial charge in [0, 0.05) is 13.1 Å². The second-order valence-electron chi connectivity index (χ2n) is 9.86. The molecule has 41 heavy (non-hydrogen) atoms. The maximum absolute atomic E-state index is 14.1. The highest BCUT2D eigenvalue weighted by atomic mass is 35.5. The zero-order chi connectivity index (χ0) is 30.2. The van der Waals surface area contributed by atoms with Crippen molar-refractivity contribution in [2.75, 3.05) is 24.5 Å². The quantitative estimate of drug-likeness (QED) is 0.262. The zero-order valence-electron chi connectivity index (χ0n) is 23.5. The van der Waals surface area contributed by atoms with Crippen molar-refractivity contribution in [1.29, 1.82) is 0 Å². The maximum Gasteiger partial charge on any atom is 0.264 e. The third-order valence-electron chi connectivity index (χ3n) is 6.38. The van der Waals surface area contributed by atoms with Crippen molar-refractivity contribution in [2.24, 2.45) is 5.92 Å². The van der Waals surface area contributed by atoms with Gasteiger partial charge >= 0.3 is 0 Å². The summed E-state index contributed by atoms with van der Waals surface area (Å²) in [7, 11) is -2.64. The molecule has 0 fully saturated rings. The molecule has 0 aliphatic carbocycles. The molecule has 0 radical (unpaired) electrons. The summed E-state index contributed by atoms with van der Waals surface area (Å²) in [5.41, 5.74) is 0.916. The van der Waals surface area contributed by atoms with Crippen LogP contribution >= 0.6 is 23.2 Å². The number of halogens is 2. The van der Waals surface area contributed by atoms with E-state index in [1.54, 1.807) is 49.6 Å². The number of nitrogens with one attached hydrogen (secondary N) is 1. The van der Waals surface area contributed by atoms with E-state index in [2.05, 4.69) is 5.32 Å². The maximum atomic E-state index is 14.1. The van der Waals surface area contributed by atoms with E-state index in [1.165, 1.54) is 35.2 Å². The van der Waals surface area contributed by atoms with Crippen LogP contribution in [0.1, 0.15) is 32.8 Å². The van der Waals surface area contributed by atoms with Crippen LogP contribution in [0.25, 0.3) is 0 Å². The Hall–Kier alpha value is -3.27. The van der Waals surface area contributed by atoms with Crippen molar-refractivity contribution in [2.45, 2.75) is 44.7 Å². The summed E-state index contributed by atoms with van der Waals surface area (Å²) in [5, 5.41) is 3.29. The molecule has 0 aliphatic rings. The molecule has 0 unspecified atom stereocenters. The summed E-state index contributed by atoms with van der Waals surface area (Å²) in [5.74, 6) is -0.00976. The SMILES string of the molecule is CC[C@H](C(=O)NCC(C)C)N(Cc1ccc(OC)cc1)C(=O)CN(c1ccc(Cl)c(Cl)c1)S(=O)(=O)c1ccccc1. The lowest BCUT2D eigenvalue weighted by molar-refractivity contribution is -0.140. The molecular weight excluding hydrogens is 585 g/mol. The van der Waals surface area contributed by atoms with Gasteiger partial charge in [-0.25, -0.2) is 8.42 Å². The number of methoxy groups -OCH3 is 1. The third kappa shape index (κ3) is 8.38. The normalized spacial score (nSPS) is 12.1. The minimum atomic E-state index is -4.20. The van der Waals surface area contributed by atoms with E-state index in [0.29, 0.717) is 18.7 Å². The number of sulfonamides is 1. The number of carbonyl (C=O) groups excluding carboxylic acids is 2. The summed E-state index contributed by atoms with van der Waals surface area (Å²) in [6, 6.07) is 18.5.